The highest BCUT2D eigenvalue weighted by atomic mass is 17.2. The fraction of sp³-hybridized carbons (Fsp3) is 0.667. The van der Waals surface area contributed by atoms with E-state index >= 15 is 0 Å². The second kappa shape index (κ2) is 12.0. The third kappa shape index (κ3) is 11.0. The van der Waals surface area contributed by atoms with Crippen molar-refractivity contribution < 1.29 is 9.78 Å². The summed E-state index contributed by atoms with van der Waals surface area (Å²) in [5, 5.41) is 0. The van der Waals surface area contributed by atoms with Gasteiger partial charge in [-0.05, 0) is 0 Å². The molecule has 0 heterocycles. The molecule has 0 unspecified atom stereocenters. The van der Waals surface area contributed by atoms with Crippen molar-refractivity contribution in [3.05, 3.63) is 0 Å². The Morgan fingerprint density at radius 1 is 0.714 bits per heavy atom. The molecule has 0 radical (unpaired) electrons. The van der Waals surface area contributed by atoms with Crippen molar-refractivity contribution in [2.24, 2.45) is 0 Å². The van der Waals surface area contributed by atoms with Crippen molar-refractivity contribution in [1.29, 1.82) is 0 Å². The fourth-order valence-corrected chi connectivity index (χ4v) is 0.730. The minimum atomic E-state index is 0.536. The molecule has 0 bridgehead atoms. The zero-order valence-corrected chi connectivity index (χ0v) is 9.06. The monoisotopic (exact) mass is 194 g/mol. The lowest BCUT2D eigenvalue weighted by Gasteiger charge is -1.98. The lowest BCUT2D eigenvalue weighted by atomic mass is 10.4. The van der Waals surface area contributed by atoms with E-state index in [4.69, 9.17) is 9.78 Å². The van der Waals surface area contributed by atoms with Gasteiger partial charge in [0.15, 0.2) is 0 Å². The molecule has 0 aliphatic heterocycles. The maximum atomic E-state index is 4.89. The topological polar surface area (TPSA) is 18.5 Å². The van der Waals surface area contributed by atoms with Crippen molar-refractivity contribution in [2.45, 2.75) is 39.5 Å². The summed E-state index contributed by atoms with van der Waals surface area (Å²) in [7, 11) is 0. The average molecular weight is 194 g/mol. The summed E-state index contributed by atoms with van der Waals surface area (Å²) in [6.45, 7) is 5.12. The van der Waals surface area contributed by atoms with Gasteiger partial charge in [-0.15, -0.1) is 23.7 Å². The maximum absolute atomic E-state index is 4.89. The quantitative estimate of drug-likeness (QED) is 0.290. The van der Waals surface area contributed by atoms with Gasteiger partial charge in [-0.1, -0.05) is 13.8 Å². The van der Waals surface area contributed by atoms with Crippen LogP contribution in [0.15, 0.2) is 0 Å². The van der Waals surface area contributed by atoms with Crippen molar-refractivity contribution >= 4 is 0 Å². The minimum Gasteiger partial charge on any atom is -0.236 e. The molecular formula is C12H18O2. The zero-order valence-electron chi connectivity index (χ0n) is 9.06. The smallest absolute Gasteiger partial charge is 0.0931 e. The van der Waals surface area contributed by atoms with Gasteiger partial charge in [-0.2, -0.15) is 0 Å². The predicted octanol–water partition coefficient (Wildman–Crippen LogP) is 2.54. The summed E-state index contributed by atoms with van der Waals surface area (Å²) in [6.07, 6.45) is 3.25. The van der Waals surface area contributed by atoms with Gasteiger partial charge in [0.25, 0.3) is 0 Å². The van der Waals surface area contributed by atoms with Gasteiger partial charge in [-0.3, -0.25) is 0 Å². The summed E-state index contributed by atoms with van der Waals surface area (Å²) in [6, 6.07) is 0. The average Bonchev–Trinajstić information content (AvgIpc) is 2.21. The molecular weight excluding hydrogens is 176 g/mol. The Hall–Kier alpha value is -0.960. The first-order valence-electron chi connectivity index (χ1n) is 5.07. The first-order valence-corrected chi connectivity index (χ1v) is 5.07. The Morgan fingerprint density at radius 2 is 1.14 bits per heavy atom. The third-order valence-corrected chi connectivity index (χ3v) is 1.31. The summed E-state index contributed by atoms with van der Waals surface area (Å²) < 4.78 is 0. The van der Waals surface area contributed by atoms with Crippen molar-refractivity contribution in [1.82, 2.24) is 0 Å². The van der Waals surface area contributed by atoms with Gasteiger partial charge in [0.1, 0.15) is 0 Å². The molecule has 2 heteroatoms. The second-order valence-corrected chi connectivity index (χ2v) is 2.56. The Balaban J connectivity index is 3.06. The Kier molecular flexibility index (Phi) is 11.2. The standard InChI is InChI=1S/C12H18O2/c1-3-5-7-9-11-13-14-12-10-8-6-4-2/h3-4,9-12H2,1-2H3. The highest BCUT2D eigenvalue weighted by Gasteiger charge is 1.85. The molecule has 0 N–H and O–H groups in total. The molecule has 0 fully saturated rings. The SMILES string of the molecule is CCC#CCCOOCCC#CCC. The van der Waals surface area contributed by atoms with Crippen LogP contribution in [0.5, 0.6) is 0 Å². The molecule has 0 aliphatic rings. The van der Waals surface area contributed by atoms with Crippen LogP contribution in [0.4, 0.5) is 0 Å². The van der Waals surface area contributed by atoms with Crippen molar-refractivity contribution in [3.8, 4) is 23.7 Å². The van der Waals surface area contributed by atoms with Gasteiger partial charge in [-0.25, -0.2) is 9.78 Å². The van der Waals surface area contributed by atoms with Crippen LogP contribution in [0.2, 0.25) is 0 Å². The van der Waals surface area contributed by atoms with Crippen LogP contribution in [-0.4, -0.2) is 13.2 Å². The molecule has 0 aromatic carbocycles. The molecule has 2 nitrogen and oxygen atoms in total. The van der Waals surface area contributed by atoms with Crippen LogP contribution in [0, 0.1) is 23.7 Å². The number of hydrogen-bond donors (Lipinski definition) is 0. The molecule has 0 saturated carbocycles. The van der Waals surface area contributed by atoms with Crippen LogP contribution in [0.1, 0.15) is 39.5 Å². The molecule has 0 aromatic rings. The summed E-state index contributed by atoms with van der Waals surface area (Å²) in [4.78, 5) is 9.78. The minimum absolute atomic E-state index is 0.536. The lowest BCUT2D eigenvalue weighted by Crippen LogP contribution is -1.97. The Morgan fingerprint density at radius 3 is 1.50 bits per heavy atom. The van der Waals surface area contributed by atoms with E-state index in [1.165, 1.54) is 0 Å². The molecule has 78 valence electrons. The lowest BCUT2D eigenvalue weighted by molar-refractivity contribution is -0.291. The van der Waals surface area contributed by atoms with Crippen molar-refractivity contribution in [2.75, 3.05) is 13.2 Å². The van der Waals surface area contributed by atoms with Gasteiger partial charge < -0.3 is 0 Å². The number of rotatable bonds is 5. The van der Waals surface area contributed by atoms with E-state index in [2.05, 4.69) is 23.7 Å². The van der Waals surface area contributed by atoms with Gasteiger partial charge in [0, 0.05) is 25.7 Å². The van der Waals surface area contributed by atoms with E-state index in [0.717, 1.165) is 25.7 Å². The largest absolute Gasteiger partial charge is 0.236 e. The highest BCUT2D eigenvalue weighted by molar-refractivity contribution is 4.97. The first kappa shape index (κ1) is 13.0. The molecule has 0 aromatic heterocycles. The second-order valence-electron chi connectivity index (χ2n) is 2.56. The predicted molar refractivity (Wildman–Crippen MR) is 57.3 cm³/mol. The van der Waals surface area contributed by atoms with E-state index in [1.807, 2.05) is 13.8 Å². The van der Waals surface area contributed by atoms with Gasteiger partial charge >= 0.3 is 0 Å². The van der Waals surface area contributed by atoms with E-state index in [9.17, 15) is 0 Å². The van der Waals surface area contributed by atoms with Crippen LogP contribution in [0.3, 0.4) is 0 Å². The molecule has 14 heavy (non-hydrogen) atoms. The first-order chi connectivity index (χ1) is 6.91. The Labute approximate surface area is 86.9 Å². The van der Waals surface area contributed by atoms with Gasteiger partial charge in [0.2, 0.25) is 0 Å². The van der Waals surface area contributed by atoms with Crippen LogP contribution < -0.4 is 0 Å². The molecule has 0 rings (SSSR count). The summed E-state index contributed by atoms with van der Waals surface area (Å²) in [5.74, 6) is 11.8. The van der Waals surface area contributed by atoms with Crippen molar-refractivity contribution in [3.63, 3.8) is 0 Å². The molecule has 0 saturated heterocycles. The van der Waals surface area contributed by atoms with Crippen LogP contribution in [-0.2, 0) is 9.78 Å². The maximum Gasteiger partial charge on any atom is 0.0931 e. The van der Waals surface area contributed by atoms with E-state index in [1.54, 1.807) is 0 Å². The third-order valence-electron chi connectivity index (χ3n) is 1.31. The highest BCUT2D eigenvalue weighted by Crippen LogP contribution is 1.86. The van der Waals surface area contributed by atoms with E-state index in [0.29, 0.717) is 13.2 Å². The summed E-state index contributed by atoms with van der Waals surface area (Å²) >= 11 is 0. The van der Waals surface area contributed by atoms with Crippen LogP contribution >= 0.6 is 0 Å². The van der Waals surface area contributed by atoms with E-state index < -0.39 is 0 Å². The molecule has 0 amide bonds. The Bertz CT molecular complexity index is 198. The van der Waals surface area contributed by atoms with Crippen LogP contribution in [0.25, 0.3) is 0 Å². The summed E-state index contributed by atoms with van der Waals surface area (Å²) in [5.41, 5.74) is 0. The fourth-order valence-electron chi connectivity index (χ4n) is 0.730. The molecule has 0 spiro atoms. The normalized spacial score (nSPS) is 8.43. The molecule has 0 aliphatic carbocycles. The zero-order chi connectivity index (χ0) is 10.5. The van der Waals surface area contributed by atoms with E-state index in [-0.39, 0.29) is 0 Å². The number of hydrogen-bond acceptors (Lipinski definition) is 2. The van der Waals surface area contributed by atoms with Gasteiger partial charge in [0.05, 0.1) is 13.2 Å². The molecule has 0 atom stereocenters.